The molecule has 3 rings (SSSR count). The van der Waals surface area contributed by atoms with Crippen LogP contribution in [0.1, 0.15) is 57.4 Å². The highest BCUT2D eigenvalue weighted by atomic mass is 19.2. The Morgan fingerprint density at radius 3 is 2.19 bits per heavy atom. The Labute approximate surface area is 153 Å². The number of halogens is 4. The maximum Gasteiger partial charge on any atom is 0.228 e. The van der Waals surface area contributed by atoms with Crippen LogP contribution < -0.4 is 0 Å². The molecule has 0 N–H and O–H groups in total. The summed E-state index contributed by atoms with van der Waals surface area (Å²) in [4.78, 5) is 0. The van der Waals surface area contributed by atoms with Crippen molar-refractivity contribution in [2.75, 3.05) is 6.86 Å². The summed E-state index contributed by atoms with van der Waals surface area (Å²) in [5.74, 6) is -0.106. The molecule has 5 heteroatoms. The van der Waals surface area contributed by atoms with Crippen molar-refractivity contribution in [2.45, 2.75) is 58.8 Å². The van der Waals surface area contributed by atoms with Gasteiger partial charge in [0.25, 0.3) is 0 Å². The molecule has 2 aliphatic rings. The lowest BCUT2D eigenvalue weighted by Crippen LogP contribution is -2.22. The van der Waals surface area contributed by atoms with Crippen molar-refractivity contribution in [2.24, 2.45) is 17.8 Å². The SMILES string of the molecule is CC1CCC(C2CC=C(OCF)CC2)CC1.Cc1ccc(F)c(F)c1F. The molecular formula is C21H28F4O. The largest absolute Gasteiger partial charge is 0.468 e. The van der Waals surface area contributed by atoms with Gasteiger partial charge in [0.2, 0.25) is 6.86 Å². The van der Waals surface area contributed by atoms with E-state index in [0.29, 0.717) is 0 Å². The third-order valence-electron chi connectivity index (χ3n) is 5.61. The zero-order valence-electron chi connectivity index (χ0n) is 15.5. The predicted molar refractivity (Wildman–Crippen MR) is 94.7 cm³/mol. The molecule has 1 saturated carbocycles. The molecule has 1 unspecified atom stereocenters. The van der Waals surface area contributed by atoms with Crippen molar-refractivity contribution in [1.29, 1.82) is 0 Å². The molecule has 1 nitrogen and oxygen atoms in total. The molecule has 0 bridgehead atoms. The van der Waals surface area contributed by atoms with Crippen LogP contribution in [0.4, 0.5) is 17.6 Å². The first kappa shape index (κ1) is 20.8. The Hall–Kier alpha value is -1.52. The maximum absolute atomic E-state index is 12.4. The number of hydrogen-bond donors (Lipinski definition) is 0. The van der Waals surface area contributed by atoms with Crippen LogP contribution in [0.15, 0.2) is 24.0 Å². The van der Waals surface area contributed by atoms with Gasteiger partial charge in [-0.05, 0) is 68.1 Å². The first-order valence-corrected chi connectivity index (χ1v) is 9.40. The Balaban J connectivity index is 0.000000209. The van der Waals surface area contributed by atoms with Gasteiger partial charge < -0.3 is 4.74 Å². The molecular weight excluding hydrogens is 344 g/mol. The predicted octanol–water partition coefficient (Wildman–Crippen LogP) is 6.85. The van der Waals surface area contributed by atoms with Crippen LogP contribution in [-0.2, 0) is 4.74 Å². The van der Waals surface area contributed by atoms with E-state index in [1.165, 1.54) is 45.1 Å². The fourth-order valence-electron chi connectivity index (χ4n) is 3.84. The average Bonchev–Trinajstić information content (AvgIpc) is 2.65. The molecule has 0 spiro atoms. The van der Waals surface area contributed by atoms with E-state index < -0.39 is 24.3 Å². The van der Waals surface area contributed by atoms with Crippen molar-refractivity contribution < 1.29 is 22.3 Å². The minimum atomic E-state index is -1.40. The molecule has 2 aliphatic carbocycles. The number of allylic oxidation sites excluding steroid dienone is 2. The highest BCUT2D eigenvalue weighted by Gasteiger charge is 2.27. The zero-order chi connectivity index (χ0) is 19.1. The molecule has 1 fully saturated rings. The molecule has 146 valence electrons. The summed E-state index contributed by atoms with van der Waals surface area (Å²) in [5, 5.41) is 0. The van der Waals surface area contributed by atoms with Crippen molar-refractivity contribution in [3.63, 3.8) is 0 Å². The second-order valence-corrected chi connectivity index (χ2v) is 7.47. The van der Waals surface area contributed by atoms with Gasteiger partial charge in [-0.1, -0.05) is 25.8 Å². The van der Waals surface area contributed by atoms with Gasteiger partial charge in [-0.2, -0.15) is 0 Å². The number of rotatable bonds is 3. The number of aryl methyl sites for hydroxylation is 1. The lowest BCUT2D eigenvalue weighted by atomic mass is 9.72. The molecule has 0 radical (unpaired) electrons. The monoisotopic (exact) mass is 372 g/mol. The lowest BCUT2D eigenvalue weighted by molar-refractivity contribution is 0.0962. The second-order valence-electron chi connectivity index (χ2n) is 7.47. The maximum atomic E-state index is 12.4. The number of ether oxygens (including phenoxy) is 1. The van der Waals surface area contributed by atoms with Crippen LogP contribution in [0.2, 0.25) is 0 Å². The van der Waals surface area contributed by atoms with E-state index in [9.17, 15) is 17.6 Å². The van der Waals surface area contributed by atoms with Gasteiger partial charge in [0.05, 0.1) is 5.76 Å². The van der Waals surface area contributed by atoms with E-state index in [4.69, 9.17) is 4.74 Å². The van der Waals surface area contributed by atoms with Crippen molar-refractivity contribution >= 4 is 0 Å². The van der Waals surface area contributed by atoms with Gasteiger partial charge in [-0.15, -0.1) is 0 Å². The van der Waals surface area contributed by atoms with E-state index in [0.717, 1.165) is 42.4 Å². The first-order chi connectivity index (χ1) is 12.4. The lowest BCUT2D eigenvalue weighted by Gasteiger charge is -2.34. The molecule has 0 aromatic heterocycles. The molecule has 1 aromatic rings. The normalized spacial score (nSPS) is 25.8. The quantitative estimate of drug-likeness (QED) is 0.416. The topological polar surface area (TPSA) is 9.23 Å². The zero-order valence-corrected chi connectivity index (χ0v) is 15.5. The van der Waals surface area contributed by atoms with E-state index >= 15 is 0 Å². The van der Waals surface area contributed by atoms with Crippen LogP contribution in [0.5, 0.6) is 0 Å². The van der Waals surface area contributed by atoms with Crippen LogP contribution >= 0.6 is 0 Å². The Kier molecular flexibility index (Phi) is 7.98. The highest BCUT2D eigenvalue weighted by Crippen LogP contribution is 2.39. The summed E-state index contributed by atoms with van der Waals surface area (Å²) >= 11 is 0. The number of hydrogen-bond acceptors (Lipinski definition) is 1. The summed E-state index contributed by atoms with van der Waals surface area (Å²) in [6, 6.07) is 2.08. The summed E-state index contributed by atoms with van der Waals surface area (Å²) in [7, 11) is 0. The van der Waals surface area contributed by atoms with Crippen molar-refractivity contribution in [1.82, 2.24) is 0 Å². The second kappa shape index (κ2) is 9.98. The molecule has 0 saturated heterocycles. The fourth-order valence-corrected chi connectivity index (χ4v) is 3.84. The first-order valence-electron chi connectivity index (χ1n) is 9.40. The van der Waals surface area contributed by atoms with E-state index in [-0.39, 0.29) is 5.56 Å². The summed E-state index contributed by atoms with van der Waals surface area (Å²) in [5.41, 5.74) is 0.110. The molecule has 26 heavy (non-hydrogen) atoms. The minimum Gasteiger partial charge on any atom is -0.468 e. The third-order valence-corrected chi connectivity index (χ3v) is 5.61. The van der Waals surface area contributed by atoms with E-state index in [2.05, 4.69) is 13.0 Å². The van der Waals surface area contributed by atoms with Gasteiger partial charge in [0, 0.05) is 6.42 Å². The van der Waals surface area contributed by atoms with E-state index in [1.807, 2.05) is 0 Å². The Morgan fingerprint density at radius 1 is 0.962 bits per heavy atom. The van der Waals surface area contributed by atoms with Gasteiger partial charge in [0.1, 0.15) is 0 Å². The standard InChI is InChI=1S/C14H23FO.C7H5F3/c1-11-2-4-12(5-3-11)13-6-8-14(9-7-13)16-10-15;1-4-2-3-5(8)7(10)6(4)9/h8,11-13H,2-7,9-10H2,1H3;2-3H,1H3. The Bertz CT molecular complexity index is 579. The summed E-state index contributed by atoms with van der Waals surface area (Å²) in [6.07, 6.45) is 11.0. The summed E-state index contributed by atoms with van der Waals surface area (Å²) in [6.45, 7) is 3.07. The average molecular weight is 372 g/mol. The minimum absolute atomic E-state index is 0.110. The highest BCUT2D eigenvalue weighted by molar-refractivity contribution is 5.18. The summed E-state index contributed by atoms with van der Waals surface area (Å²) < 4.78 is 53.7. The molecule has 0 heterocycles. The van der Waals surface area contributed by atoms with Crippen molar-refractivity contribution in [3.8, 4) is 0 Å². The molecule has 0 aliphatic heterocycles. The van der Waals surface area contributed by atoms with Crippen LogP contribution in [0.25, 0.3) is 0 Å². The van der Waals surface area contributed by atoms with Crippen LogP contribution in [-0.4, -0.2) is 6.86 Å². The van der Waals surface area contributed by atoms with Gasteiger partial charge in [-0.3, -0.25) is 0 Å². The van der Waals surface area contributed by atoms with Crippen molar-refractivity contribution in [3.05, 3.63) is 47.0 Å². The smallest absolute Gasteiger partial charge is 0.228 e. The number of benzene rings is 1. The van der Waals surface area contributed by atoms with E-state index in [1.54, 1.807) is 0 Å². The van der Waals surface area contributed by atoms with Gasteiger partial charge in [0.15, 0.2) is 17.5 Å². The molecule has 1 atom stereocenters. The fraction of sp³-hybridized carbons (Fsp3) is 0.619. The van der Waals surface area contributed by atoms with Crippen LogP contribution in [0.3, 0.4) is 0 Å². The third kappa shape index (κ3) is 5.75. The molecule has 1 aromatic carbocycles. The molecule has 0 amide bonds. The van der Waals surface area contributed by atoms with Gasteiger partial charge in [-0.25, -0.2) is 17.6 Å². The van der Waals surface area contributed by atoms with Crippen LogP contribution in [0, 0.1) is 42.1 Å². The van der Waals surface area contributed by atoms with Gasteiger partial charge >= 0.3 is 0 Å². The Morgan fingerprint density at radius 2 is 1.65 bits per heavy atom. The number of alkyl halides is 1.